The topological polar surface area (TPSA) is 89.0 Å². The molecule has 0 unspecified atom stereocenters. The van der Waals surface area contributed by atoms with Gasteiger partial charge in [0.1, 0.15) is 11.9 Å². The molecule has 0 aliphatic carbocycles. The van der Waals surface area contributed by atoms with E-state index < -0.39 is 29.3 Å². The van der Waals surface area contributed by atoms with Crippen LogP contribution in [0.2, 0.25) is 0 Å². The van der Waals surface area contributed by atoms with Crippen molar-refractivity contribution in [1.82, 2.24) is 4.98 Å². The highest BCUT2D eigenvalue weighted by Crippen LogP contribution is 2.29. The van der Waals surface area contributed by atoms with Crippen molar-refractivity contribution in [1.29, 1.82) is 5.26 Å². The maximum Gasteiger partial charge on any atom is 0.341 e. The largest absolute Gasteiger partial charge is 0.462 e. The maximum atomic E-state index is 12.7. The van der Waals surface area contributed by atoms with Crippen LogP contribution in [0.25, 0.3) is 0 Å². The molecule has 90 valence electrons. The molecule has 1 aromatic rings. The Morgan fingerprint density at radius 3 is 2.82 bits per heavy atom. The fourth-order valence-corrected chi connectivity index (χ4v) is 1.25. The average molecular weight is 241 g/mol. The predicted octanol–water partition coefficient (Wildman–Crippen LogP) is 1.65. The third-order valence-corrected chi connectivity index (χ3v) is 1.97. The monoisotopic (exact) mass is 241 g/mol. The number of hydrogen-bond donors (Lipinski definition) is 1. The Morgan fingerprint density at radius 2 is 2.35 bits per heavy atom. The van der Waals surface area contributed by atoms with Crippen molar-refractivity contribution in [3.05, 3.63) is 22.9 Å². The Labute approximate surface area is 95.8 Å². The minimum atomic E-state index is -2.98. The summed E-state index contributed by atoms with van der Waals surface area (Å²) in [4.78, 5) is 14.9. The van der Waals surface area contributed by atoms with Gasteiger partial charge in [-0.1, -0.05) is 0 Å². The van der Waals surface area contributed by atoms with Gasteiger partial charge in [0.2, 0.25) is 0 Å². The number of anilines is 1. The van der Waals surface area contributed by atoms with Crippen LogP contribution in [0.5, 0.6) is 0 Å². The first-order valence-corrected chi connectivity index (χ1v) is 4.66. The molecular formula is C10H9F2N3O2. The van der Waals surface area contributed by atoms with Crippen LogP contribution in [0.3, 0.4) is 0 Å². The van der Waals surface area contributed by atoms with Gasteiger partial charge in [-0.2, -0.15) is 5.26 Å². The van der Waals surface area contributed by atoms with Crippen molar-refractivity contribution in [2.75, 3.05) is 12.3 Å². The van der Waals surface area contributed by atoms with E-state index in [1.165, 1.54) is 6.07 Å². The molecule has 0 amide bonds. The summed E-state index contributed by atoms with van der Waals surface area (Å²) in [6.07, 6.45) is -2.02. The molecule has 0 saturated carbocycles. The average Bonchev–Trinajstić information content (AvgIpc) is 2.27. The van der Waals surface area contributed by atoms with E-state index in [2.05, 4.69) is 9.72 Å². The van der Waals surface area contributed by atoms with E-state index >= 15 is 0 Å². The van der Waals surface area contributed by atoms with Crippen LogP contribution in [0.15, 0.2) is 6.20 Å². The van der Waals surface area contributed by atoms with E-state index in [1.54, 1.807) is 6.92 Å². The molecule has 0 aliphatic rings. The van der Waals surface area contributed by atoms with Crippen LogP contribution in [-0.2, 0) is 4.74 Å². The Morgan fingerprint density at radius 1 is 1.71 bits per heavy atom. The van der Waals surface area contributed by atoms with Crippen LogP contribution >= 0.6 is 0 Å². The van der Waals surface area contributed by atoms with Gasteiger partial charge in [0, 0.05) is 6.20 Å². The van der Waals surface area contributed by atoms with Gasteiger partial charge >= 0.3 is 5.97 Å². The number of carbonyl (C=O) groups is 1. The molecule has 2 N–H and O–H groups in total. The molecule has 1 heterocycles. The van der Waals surface area contributed by atoms with Gasteiger partial charge in [-0.05, 0) is 6.92 Å². The number of nitrogen functional groups attached to an aromatic ring is 1. The number of aromatic nitrogens is 1. The van der Waals surface area contributed by atoms with Crippen LogP contribution < -0.4 is 5.73 Å². The fourth-order valence-electron chi connectivity index (χ4n) is 1.25. The Bertz CT molecular complexity index is 483. The Hall–Kier alpha value is -2.23. The van der Waals surface area contributed by atoms with Crippen molar-refractivity contribution >= 4 is 11.8 Å². The molecule has 1 aromatic heterocycles. The van der Waals surface area contributed by atoms with Crippen molar-refractivity contribution in [2.45, 2.75) is 13.3 Å². The SMILES string of the molecule is CCOC(=O)c1cnc(N)c(C(F)F)c1C#N. The van der Waals surface area contributed by atoms with Crippen LogP contribution in [0.1, 0.15) is 34.8 Å². The number of hydrogen-bond acceptors (Lipinski definition) is 5. The summed E-state index contributed by atoms with van der Waals surface area (Å²) < 4.78 is 30.0. The lowest BCUT2D eigenvalue weighted by Crippen LogP contribution is -2.12. The number of ether oxygens (including phenoxy) is 1. The molecule has 5 nitrogen and oxygen atoms in total. The summed E-state index contributed by atoms with van der Waals surface area (Å²) >= 11 is 0. The first kappa shape index (κ1) is 12.8. The lowest BCUT2D eigenvalue weighted by atomic mass is 10.0. The van der Waals surface area contributed by atoms with E-state index in [0.717, 1.165) is 6.20 Å². The zero-order valence-electron chi connectivity index (χ0n) is 8.91. The molecule has 7 heteroatoms. The van der Waals surface area contributed by atoms with Crippen LogP contribution in [0, 0.1) is 11.3 Å². The molecule has 0 fully saturated rings. The fraction of sp³-hybridized carbons (Fsp3) is 0.300. The smallest absolute Gasteiger partial charge is 0.341 e. The molecule has 0 aliphatic heterocycles. The van der Waals surface area contributed by atoms with Gasteiger partial charge in [0.25, 0.3) is 6.43 Å². The molecule has 0 radical (unpaired) electrons. The third-order valence-electron chi connectivity index (χ3n) is 1.97. The number of nitriles is 1. The highest BCUT2D eigenvalue weighted by atomic mass is 19.3. The molecule has 0 aromatic carbocycles. The van der Waals surface area contributed by atoms with Crippen molar-refractivity contribution in [3.8, 4) is 6.07 Å². The summed E-state index contributed by atoms with van der Waals surface area (Å²) in [5.74, 6) is -1.34. The number of esters is 1. The molecule has 0 atom stereocenters. The summed E-state index contributed by atoms with van der Waals surface area (Å²) in [5, 5.41) is 8.82. The molecule has 0 saturated heterocycles. The van der Waals surface area contributed by atoms with E-state index in [0.29, 0.717) is 0 Å². The zero-order chi connectivity index (χ0) is 13.0. The number of nitrogens with zero attached hydrogens (tertiary/aromatic N) is 2. The summed E-state index contributed by atoms with van der Waals surface area (Å²) in [5.41, 5.74) is 3.71. The second-order valence-corrected chi connectivity index (χ2v) is 2.98. The van der Waals surface area contributed by atoms with Gasteiger partial charge < -0.3 is 10.5 Å². The summed E-state index contributed by atoms with van der Waals surface area (Å²) in [6.45, 7) is 1.63. The molecule has 1 rings (SSSR count). The first-order chi connectivity index (χ1) is 8.02. The van der Waals surface area contributed by atoms with E-state index in [-0.39, 0.29) is 12.2 Å². The molecule has 17 heavy (non-hydrogen) atoms. The normalized spacial score (nSPS) is 10.1. The zero-order valence-corrected chi connectivity index (χ0v) is 8.91. The second-order valence-electron chi connectivity index (χ2n) is 2.98. The Kier molecular flexibility index (Phi) is 3.93. The molecular weight excluding hydrogens is 232 g/mol. The highest BCUT2D eigenvalue weighted by molar-refractivity contribution is 5.93. The summed E-state index contributed by atoms with van der Waals surface area (Å²) in [6, 6.07) is 1.52. The number of rotatable bonds is 3. The summed E-state index contributed by atoms with van der Waals surface area (Å²) in [7, 11) is 0. The highest BCUT2D eigenvalue weighted by Gasteiger charge is 2.24. The molecule has 0 spiro atoms. The minimum absolute atomic E-state index is 0.0675. The number of pyridine rings is 1. The number of nitrogens with two attached hydrogens (primary N) is 1. The Balaban J connectivity index is 3.39. The quantitative estimate of drug-likeness (QED) is 0.812. The second kappa shape index (κ2) is 5.21. The standard InChI is InChI=1S/C10H9F2N3O2/c1-2-17-10(16)6-4-15-9(14)7(8(11)12)5(6)3-13/h4,8H,2H2,1H3,(H2,14,15). The van der Waals surface area contributed by atoms with Gasteiger partial charge in [-0.3, -0.25) is 0 Å². The van der Waals surface area contributed by atoms with Gasteiger partial charge in [0.15, 0.2) is 0 Å². The predicted molar refractivity (Wildman–Crippen MR) is 54.3 cm³/mol. The minimum Gasteiger partial charge on any atom is -0.462 e. The number of alkyl halides is 2. The lowest BCUT2D eigenvalue weighted by Gasteiger charge is -2.09. The van der Waals surface area contributed by atoms with Crippen molar-refractivity contribution < 1.29 is 18.3 Å². The van der Waals surface area contributed by atoms with Gasteiger partial charge in [-0.15, -0.1) is 0 Å². The number of halogens is 2. The lowest BCUT2D eigenvalue weighted by molar-refractivity contribution is 0.0525. The molecule has 0 bridgehead atoms. The maximum absolute atomic E-state index is 12.7. The van der Waals surface area contributed by atoms with Gasteiger partial charge in [-0.25, -0.2) is 18.6 Å². The van der Waals surface area contributed by atoms with Crippen molar-refractivity contribution in [3.63, 3.8) is 0 Å². The number of carbonyl (C=O) groups excluding carboxylic acids is 1. The van der Waals surface area contributed by atoms with E-state index in [9.17, 15) is 13.6 Å². The van der Waals surface area contributed by atoms with E-state index in [1.807, 2.05) is 0 Å². The third kappa shape index (κ3) is 2.47. The van der Waals surface area contributed by atoms with Crippen LogP contribution in [0.4, 0.5) is 14.6 Å². The van der Waals surface area contributed by atoms with Gasteiger partial charge in [0.05, 0.1) is 23.3 Å². The first-order valence-electron chi connectivity index (χ1n) is 4.66. The van der Waals surface area contributed by atoms with Crippen LogP contribution in [-0.4, -0.2) is 17.6 Å². The van der Waals surface area contributed by atoms with E-state index in [4.69, 9.17) is 11.0 Å². The van der Waals surface area contributed by atoms with Crippen molar-refractivity contribution in [2.24, 2.45) is 0 Å².